The summed E-state index contributed by atoms with van der Waals surface area (Å²) < 4.78 is 13.4. The molecule has 1 aromatic carbocycles. The molecule has 0 aromatic heterocycles. The number of benzene rings is 1. The zero-order valence-electron chi connectivity index (χ0n) is 9.44. The Morgan fingerprint density at radius 3 is 2.83 bits per heavy atom. The monoisotopic (exact) mass is 264 g/mol. The van der Waals surface area contributed by atoms with Crippen LogP contribution in [0.5, 0.6) is 0 Å². The molecule has 0 saturated carbocycles. The van der Waals surface area contributed by atoms with Crippen molar-refractivity contribution >= 4 is 34.8 Å². The van der Waals surface area contributed by atoms with E-state index in [0.29, 0.717) is 5.56 Å². The molecule has 1 aliphatic rings. The van der Waals surface area contributed by atoms with Crippen molar-refractivity contribution in [1.82, 2.24) is 5.32 Å². The Hall–Kier alpha value is -1.95. The summed E-state index contributed by atoms with van der Waals surface area (Å²) in [5.41, 5.74) is 0.313. The van der Waals surface area contributed by atoms with Crippen molar-refractivity contribution in [2.24, 2.45) is 4.99 Å². The Labute approximate surface area is 107 Å². The maximum Gasteiger partial charge on any atom is 0.286 e. The molecule has 0 atom stereocenters. The normalized spacial score (nSPS) is 16.9. The summed E-state index contributed by atoms with van der Waals surface area (Å²) in [6.07, 6.45) is 1.42. The van der Waals surface area contributed by atoms with Crippen LogP contribution in [0.2, 0.25) is 0 Å². The lowest BCUT2D eigenvalue weighted by Gasteiger charge is -1.99. The van der Waals surface area contributed by atoms with Gasteiger partial charge in [0.25, 0.3) is 5.91 Å². The molecule has 0 aliphatic carbocycles. The molecule has 1 aromatic rings. The van der Waals surface area contributed by atoms with E-state index in [1.807, 2.05) is 0 Å². The summed E-state index contributed by atoms with van der Waals surface area (Å²) in [5.74, 6) is -1.19. The fourth-order valence-electron chi connectivity index (χ4n) is 1.35. The predicted molar refractivity (Wildman–Crippen MR) is 68.2 cm³/mol. The quantitative estimate of drug-likeness (QED) is 0.788. The fraction of sp³-hybridized carbons (Fsp3) is 0.0833. The molecule has 0 unspecified atom stereocenters. The second-order valence-corrected chi connectivity index (χ2v) is 4.57. The van der Waals surface area contributed by atoms with Gasteiger partial charge < -0.3 is 5.32 Å². The topological polar surface area (TPSA) is 58.5 Å². The van der Waals surface area contributed by atoms with E-state index in [1.54, 1.807) is 18.2 Å². The molecule has 1 N–H and O–H groups in total. The maximum atomic E-state index is 13.4. The molecule has 0 spiro atoms. The van der Waals surface area contributed by atoms with Crippen molar-refractivity contribution in [1.29, 1.82) is 0 Å². The SMILES string of the molecule is CC(=O)NC1=NC(=O)/C(=C\c2ccccc2F)S1. The number of halogens is 1. The smallest absolute Gasteiger partial charge is 0.286 e. The van der Waals surface area contributed by atoms with Gasteiger partial charge in [-0.3, -0.25) is 9.59 Å². The number of carbonyl (C=O) groups is 2. The maximum absolute atomic E-state index is 13.4. The standard InChI is InChI=1S/C12H9FN2O2S/c1-7(16)14-12-15-11(17)10(18-12)6-8-4-2-3-5-9(8)13/h2-6H,1H3,(H,14,15,16,17)/b10-6+. The number of hydrogen-bond acceptors (Lipinski definition) is 3. The molecule has 1 heterocycles. The molecule has 6 heteroatoms. The molecule has 0 saturated heterocycles. The Balaban J connectivity index is 2.20. The highest BCUT2D eigenvalue weighted by atomic mass is 32.2. The number of thioether (sulfide) groups is 1. The molecular weight excluding hydrogens is 255 g/mol. The third kappa shape index (κ3) is 2.84. The zero-order chi connectivity index (χ0) is 13.1. The second kappa shape index (κ2) is 5.14. The molecule has 0 radical (unpaired) electrons. The number of amidine groups is 1. The third-order valence-electron chi connectivity index (χ3n) is 2.10. The molecule has 18 heavy (non-hydrogen) atoms. The first-order valence-corrected chi connectivity index (χ1v) is 5.92. The van der Waals surface area contributed by atoms with Gasteiger partial charge in [-0.25, -0.2) is 4.39 Å². The van der Waals surface area contributed by atoms with Crippen LogP contribution in [0.25, 0.3) is 6.08 Å². The highest BCUT2D eigenvalue weighted by molar-refractivity contribution is 8.18. The van der Waals surface area contributed by atoms with Gasteiger partial charge in [0.15, 0.2) is 5.17 Å². The van der Waals surface area contributed by atoms with Crippen LogP contribution < -0.4 is 5.32 Å². The average molecular weight is 264 g/mol. The van der Waals surface area contributed by atoms with Gasteiger partial charge in [0, 0.05) is 12.5 Å². The fourth-order valence-corrected chi connectivity index (χ4v) is 2.20. The highest BCUT2D eigenvalue weighted by Crippen LogP contribution is 2.27. The number of carbonyl (C=O) groups excluding carboxylic acids is 2. The number of amides is 2. The average Bonchev–Trinajstić information content (AvgIpc) is 2.61. The first-order chi connectivity index (χ1) is 8.56. The molecule has 0 fully saturated rings. The predicted octanol–water partition coefficient (Wildman–Crippen LogP) is 1.93. The van der Waals surface area contributed by atoms with Crippen molar-refractivity contribution in [3.8, 4) is 0 Å². The number of aliphatic imine (C=N–C) groups is 1. The summed E-state index contributed by atoms with van der Waals surface area (Å²) in [6.45, 7) is 1.33. The van der Waals surface area contributed by atoms with Crippen molar-refractivity contribution in [2.45, 2.75) is 6.92 Å². The van der Waals surface area contributed by atoms with Crippen molar-refractivity contribution in [2.75, 3.05) is 0 Å². The van der Waals surface area contributed by atoms with Gasteiger partial charge in [0.05, 0.1) is 4.91 Å². The Morgan fingerprint density at radius 2 is 2.17 bits per heavy atom. The molecule has 0 bridgehead atoms. The van der Waals surface area contributed by atoms with Crippen molar-refractivity contribution in [3.63, 3.8) is 0 Å². The minimum atomic E-state index is -0.480. The summed E-state index contributed by atoms with van der Waals surface area (Å²) >= 11 is 1.01. The highest BCUT2D eigenvalue weighted by Gasteiger charge is 2.22. The molecule has 2 amide bonds. The van der Waals surface area contributed by atoms with Gasteiger partial charge in [0.2, 0.25) is 5.91 Å². The van der Waals surface area contributed by atoms with E-state index >= 15 is 0 Å². The zero-order valence-corrected chi connectivity index (χ0v) is 10.3. The van der Waals surface area contributed by atoms with E-state index in [2.05, 4.69) is 10.3 Å². The Bertz CT molecular complexity index is 581. The molecule has 92 valence electrons. The summed E-state index contributed by atoms with van der Waals surface area (Å²) in [7, 11) is 0. The van der Waals surface area contributed by atoms with E-state index in [4.69, 9.17) is 0 Å². The summed E-state index contributed by atoms with van der Waals surface area (Å²) in [5, 5.41) is 2.64. The van der Waals surface area contributed by atoms with Crippen LogP contribution >= 0.6 is 11.8 Å². The Kier molecular flexibility index (Phi) is 3.57. The van der Waals surface area contributed by atoms with E-state index in [9.17, 15) is 14.0 Å². The molecule has 1 aliphatic heterocycles. The lowest BCUT2D eigenvalue weighted by molar-refractivity contribution is -0.117. The minimum absolute atomic E-state index is 0.218. The molecule has 2 rings (SSSR count). The number of rotatable bonds is 1. The van der Waals surface area contributed by atoms with Crippen LogP contribution in [-0.4, -0.2) is 17.0 Å². The van der Waals surface area contributed by atoms with Crippen LogP contribution in [0.15, 0.2) is 34.2 Å². The van der Waals surface area contributed by atoms with E-state index < -0.39 is 11.7 Å². The van der Waals surface area contributed by atoms with Gasteiger partial charge in [-0.05, 0) is 23.9 Å². The van der Waals surface area contributed by atoms with Crippen LogP contribution in [-0.2, 0) is 9.59 Å². The summed E-state index contributed by atoms with van der Waals surface area (Å²) in [6, 6.07) is 6.12. The third-order valence-corrected chi connectivity index (χ3v) is 2.99. The molecular formula is C12H9FN2O2S. The van der Waals surface area contributed by atoms with Crippen molar-refractivity contribution in [3.05, 3.63) is 40.6 Å². The lowest BCUT2D eigenvalue weighted by Crippen LogP contribution is -2.23. The first kappa shape index (κ1) is 12.5. The van der Waals surface area contributed by atoms with Gasteiger partial charge in [0.1, 0.15) is 5.82 Å². The van der Waals surface area contributed by atoms with Gasteiger partial charge in [-0.1, -0.05) is 18.2 Å². The van der Waals surface area contributed by atoms with Crippen LogP contribution in [0.3, 0.4) is 0 Å². The lowest BCUT2D eigenvalue weighted by atomic mass is 10.2. The number of nitrogens with one attached hydrogen (secondary N) is 1. The number of hydrogen-bond donors (Lipinski definition) is 1. The first-order valence-electron chi connectivity index (χ1n) is 5.11. The van der Waals surface area contributed by atoms with E-state index in [-0.39, 0.29) is 16.0 Å². The van der Waals surface area contributed by atoms with Crippen LogP contribution in [0.4, 0.5) is 4.39 Å². The molecule has 4 nitrogen and oxygen atoms in total. The largest absolute Gasteiger partial charge is 0.305 e. The van der Waals surface area contributed by atoms with Crippen LogP contribution in [0, 0.1) is 5.82 Å². The summed E-state index contributed by atoms with van der Waals surface area (Å²) in [4.78, 5) is 26.3. The second-order valence-electron chi connectivity index (χ2n) is 3.54. The van der Waals surface area contributed by atoms with Gasteiger partial charge in [-0.15, -0.1) is 0 Å². The van der Waals surface area contributed by atoms with Gasteiger partial charge in [-0.2, -0.15) is 4.99 Å². The Morgan fingerprint density at radius 1 is 1.44 bits per heavy atom. The van der Waals surface area contributed by atoms with E-state index in [1.165, 1.54) is 19.1 Å². The number of nitrogens with zero attached hydrogens (tertiary/aromatic N) is 1. The van der Waals surface area contributed by atoms with Crippen molar-refractivity contribution < 1.29 is 14.0 Å². The minimum Gasteiger partial charge on any atom is -0.305 e. The van der Waals surface area contributed by atoms with Gasteiger partial charge >= 0.3 is 0 Å². The van der Waals surface area contributed by atoms with E-state index in [0.717, 1.165) is 11.8 Å². The van der Waals surface area contributed by atoms with Crippen LogP contribution in [0.1, 0.15) is 12.5 Å².